The van der Waals surface area contributed by atoms with Crippen LogP contribution in [0.1, 0.15) is 27.9 Å². The van der Waals surface area contributed by atoms with Gasteiger partial charge >= 0.3 is 6.18 Å². The number of carbonyl (C=O) groups is 1. The van der Waals surface area contributed by atoms with Crippen LogP contribution in [0.2, 0.25) is 0 Å². The molecule has 2 nitrogen and oxygen atoms in total. The zero-order valence-corrected chi connectivity index (χ0v) is 10.3. The van der Waals surface area contributed by atoms with E-state index in [2.05, 4.69) is 4.74 Å². The van der Waals surface area contributed by atoms with E-state index in [1.54, 1.807) is 12.1 Å². The number of Topliss-reactive ketones (excluding diaryl/α,β-unsaturated/α-hetero) is 1. The molecule has 0 bridgehead atoms. The lowest BCUT2D eigenvalue weighted by Crippen LogP contribution is -2.18. The molecule has 0 saturated heterocycles. The van der Waals surface area contributed by atoms with Gasteiger partial charge in [-0.2, -0.15) is 13.2 Å². The summed E-state index contributed by atoms with van der Waals surface area (Å²) in [5.41, 5.74) is 2.39. The van der Waals surface area contributed by atoms with Crippen LogP contribution in [-0.2, 0) is 4.74 Å². The van der Waals surface area contributed by atoms with E-state index in [-0.39, 0.29) is 18.8 Å². The number of carbonyl (C=O) groups excluding carboxylic acids is 1. The van der Waals surface area contributed by atoms with E-state index in [4.69, 9.17) is 0 Å². The Bertz CT molecular complexity index is 425. The lowest BCUT2D eigenvalue weighted by molar-refractivity contribution is -0.173. The summed E-state index contributed by atoms with van der Waals surface area (Å²) in [7, 11) is 0. The molecule has 0 radical (unpaired) electrons. The van der Waals surface area contributed by atoms with E-state index in [0.717, 1.165) is 11.1 Å². The van der Waals surface area contributed by atoms with Gasteiger partial charge < -0.3 is 4.74 Å². The van der Waals surface area contributed by atoms with Crippen molar-refractivity contribution in [3.05, 3.63) is 34.9 Å². The Morgan fingerprint density at radius 1 is 1.28 bits per heavy atom. The number of hydrogen-bond acceptors (Lipinski definition) is 2. The van der Waals surface area contributed by atoms with Crippen LogP contribution < -0.4 is 0 Å². The molecular weight excluding hydrogens is 245 g/mol. The smallest absolute Gasteiger partial charge is 0.372 e. The predicted molar refractivity (Wildman–Crippen MR) is 61.7 cm³/mol. The molecule has 0 atom stereocenters. The predicted octanol–water partition coefficient (Wildman–Crippen LogP) is 3.46. The molecule has 1 aromatic rings. The van der Waals surface area contributed by atoms with Crippen molar-refractivity contribution in [2.45, 2.75) is 26.4 Å². The fourth-order valence-corrected chi connectivity index (χ4v) is 1.54. The second-order valence-electron chi connectivity index (χ2n) is 4.09. The number of hydrogen-bond donors (Lipinski definition) is 0. The van der Waals surface area contributed by atoms with E-state index in [1.165, 1.54) is 0 Å². The van der Waals surface area contributed by atoms with Crippen LogP contribution >= 0.6 is 0 Å². The van der Waals surface area contributed by atoms with E-state index >= 15 is 0 Å². The van der Waals surface area contributed by atoms with Gasteiger partial charge in [-0.1, -0.05) is 18.2 Å². The van der Waals surface area contributed by atoms with E-state index in [1.807, 2.05) is 19.9 Å². The molecule has 0 aliphatic rings. The van der Waals surface area contributed by atoms with Crippen LogP contribution in [0.25, 0.3) is 0 Å². The molecule has 0 aliphatic carbocycles. The average molecular weight is 260 g/mol. The SMILES string of the molecule is Cc1cccc(C(=O)CCOCC(F)(F)F)c1C. The van der Waals surface area contributed by atoms with Gasteiger partial charge in [0.1, 0.15) is 6.61 Å². The molecular formula is C13H15F3O2. The first-order chi connectivity index (χ1) is 8.31. The number of rotatable bonds is 5. The standard InChI is InChI=1S/C13H15F3O2/c1-9-4-3-5-11(10(9)2)12(17)6-7-18-8-13(14,15)16/h3-5H,6-8H2,1-2H3. The molecule has 100 valence electrons. The maximum Gasteiger partial charge on any atom is 0.411 e. The molecule has 0 N–H and O–H groups in total. The fraction of sp³-hybridized carbons (Fsp3) is 0.462. The van der Waals surface area contributed by atoms with Crippen LogP contribution in [0, 0.1) is 13.8 Å². The topological polar surface area (TPSA) is 26.3 Å². The molecule has 0 fully saturated rings. The number of aryl methyl sites for hydroxylation is 1. The zero-order chi connectivity index (χ0) is 13.8. The first-order valence-corrected chi connectivity index (χ1v) is 5.55. The Balaban J connectivity index is 2.49. The van der Waals surface area contributed by atoms with E-state index < -0.39 is 12.8 Å². The highest BCUT2D eigenvalue weighted by Crippen LogP contribution is 2.16. The summed E-state index contributed by atoms with van der Waals surface area (Å²) in [6.07, 6.45) is -4.39. The van der Waals surface area contributed by atoms with Crippen LogP contribution in [-0.4, -0.2) is 25.2 Å². The maximum atomic E-state index is 11.8. The van der Waals surface area contributed by atoms with Gasteiger partial charge in [-0.15, -0.1) is 0 Å². The minimum absolute atomic E-state index is 0.0413. The summed E-state index contributed by atoms with van der Waals surface area (Å²) in [6.45, 7) is 2.17. The summed E-state index contributed by atoms with van der Waals surface area (Å²) in [5.74, 6) is -0.196. The molecule has 1 aromatic carbocycles. The van der Waals surface area contributed by atoms with Crippen LogP contribution in [0.15, 0.2) is 18.2 Å². The molecule has 0 saturated carbocycles. The Morgan fingerprint density at radius 3 is 2.56 bits per heavy atom. The summed E-state index contributed by atoms with van der Waals surface area (Å²) < 4.78 is 39.8. The van der Waals surface area contributed by atoms with Gasteiger partial charge in [-0.3, -0.25) is 4.79 Å². The van der Waals surface area contributed by atoms with Gasteiger partial charge in [0, 0.05) is 12.0 Å². The highest BCUT2D eigenvalue weighted by Gasteiger charge is 2.27. The number of benzene rings is 1. The van der Waals surface area contributed by atoms with Crippen molar-refractivity contribution >= 4 is 5.78 Å². The van der Waals surface area contributed by atoms with Gasteiger partial charge in [-0.25, -0.2) is 0 Å². The van der Waals surface area contributed by atoms with Crippen LogP contribution in [0.5, 0.6) is 0 Å². The lowest BCUT2D eigenvalue weighted by atomic mass is 9.99. The summed E-state index contributed by atoms with van der Waals surface area (Å²) >= 11 is 0. The monoisotopic (exact) mass is 260 g/mol. The number of alkyl halides is 3. The van der Waals surface area contributed by atoms with Gasteiger partial charge in [0.25, 0.3) is 0 Å². The van der Waals surface area contributed by atoms with Gasteiger partial charge in [-0.05, 0) is 25.0 Å². The molecule has 0 aromatic heterocycles. The number of ketones is 1. The summed E-state index contributed by atoms with van der Waals surface area (Å²) in [5, 5.41) is 0. The van der Waals surface area contributed by atoms with Gasteiger partial charge in [0.2, 0.25) is 0 Å². The molecule has 0 amide bonds. The Hall–Kier alpha value is -1.36. The zero-order valence-electron chi connectivity index (χ0n) is 10.3. The Morgan fingerprint density at radius 2 is 1.94 bits per heavy atom. The first kappa shape index (κ1) is 14.7. The van der Waals surface area contributed by atoms with E-state index in [9.17, 15) is 18.0 Å². The highest BCUT2D eigenvalue weighted by atomic mass is 19.4. The Kier molecular flexibility index (Phi) is 4.90. The van der Waals surface area contributed by atoms with Crippen molar-refractivity contribution in [2.24, 2.45) is 0 Å². The van der Waals surface area contributed by atoms with Gasteiger partial charge in [0.05, 0.1) is 6.61 Å². The molecule has 18 heavy (non-hydrogen) atoms. The van der Waals surface area contributed by atoms with Crippen LogP contribution in [0.4, 0.5) is 13.2 Å². The van der Waals surface area contributed by atoms with Crippen molar-refractivity contribution < 1.29 is 22.7 Å². The van der Waals surface area contributed by atoms with Crippen molar-refractivity contribution in [3.63, 3.8) is 0 Å². The average Bonchev–Trinajstić information content (AvgIpc) is 2.26. The minimum atomic E-state index is -4.34. The number of ether oxygens (including phenoxy) is 1. The van der Waals surface area contributed by atoms with Crippen molar-refractivity contribution in [2.75, 3.05) is 13.2 Å². The highest BCUT2D eigenvalue weighted by molar-refractivity contribution is 5.97. The van der Waals surface area contributed by atoms with Crippen molar-refractivity contribution in [3.8, 4) is 0 Å². The Labute approximate surface area is 104 Å². The molecule has 1 rings (SSSR count). The normalized spacial score (nSPS) is 11.6. The largest absolute Gasteiger partial charge is 0.411 e. The quantitative estimate of drug-likeness (QED) is 0.598. The van der Waals surface area contributed by atoms with Crippen LogP contribution in [0.3, 0.4) is 0 Å². The number of halogens is 3. The van der Waals surface area contributed by atoms with E-state index in [0.29, 0.717) is 5.56 Å². The maximum absolute atomic E-state index is 11.8. The molecule has 0 spiro atoms. The second-order valence-corrected chi connectivity index (χ2v) is 4.09. The summed E-state index contributed by atoms with van der Waals surface area (Å²) in [6, 6.07) is 5.31. The molecule has 0 heterocycles. The fourth-order valence-electron chi connectivity index (χ4n) is 1.54. The minimum Gasteiger partial charge on any atom is -0.372 e. The first-order valence-electron chi connectivity index (χ1n) is 5.55. The van der Waals surface area contributed by atoms with Crippen molar-refractivity contribution in [1.82, 2.24) is 0 Å². The molecule has 5 heteroatoms. The third-order valence-electron chi connectivity index (χ3n) is 2.64. The molecule has 0 unspecified atom stereocenters. The van der Waals surface area contributed by atoms with Crippen molar-refractivity contribution in [1.29, 1.82) is 0 Å². The third-order valence-corrected chi connectivity index (χ3v) is 2.64. The molecule has 0 aliphatic heterocycles. The summed E-state index contributed by atoms with van der Waals surface area (Å²) in [4.78, 5) is 11.8. The lowest BCUT2D eigenvalue weighted by Gasteiger charge is -2.09. The second kappa shape index (κ2) is 6.00. The third kappa shape index (κ3) is 4.49. The van der Waals surface area contributed by atoms with Gasteiger partial charge in [0.15, 0.2) is 5.78 Å².